The van der Waals surface area contributed by atoms with Crippen molar-refractivity contribution in [3.63, 3.8) is 0 Å². The number of halogens is 3. The minimum atomic E-state index is -4.15. The van der Waals surface area contributed by atoms with Crippen molar-refractivity contribution in [2.75, 3.05) is 6.61 Å². The Morgan fingerprint density at radius 3 is 2.63 bits per heavy atom. The zero-order valence-corrected chi connectivity index (χ0v) is 10.2. The van der Waals surface area contributed by atoms with Crippen molar-refractivity contribution in [1.29, 1.82) is 0 Å². The fourth-order valence-corrected chi connectivity index (χ4v) is 1.81. The monoisotopic (exact) mass is 273 g/mol. The van der Waals surface area contributed by atoms with Crippen molar-refractivity contribution in [3.8, 4) is 5.75 Å². The van der Waals surface area contributed by atoms with Crippen LogP contribution >= 0.6 is 0 Å². The van der Waals surface area contributed by atoms with Gasteiger partial charge in [-0.15, -0.1) is 0 Å². The summed E-state index contributed by atoms with van der Waals surface area (Å²) < 4.78 is 47.0. The number of rotatable bonds is 5. The molecule has 0 atom stereocenters. The molecule has 0 saturated heterocycles. The fraction of sp³-hybridized carbons (Fsp3) is 0.385. The van der Waals surface area contributed by atoms with Crippen molar-refractivity contribution in [2.45, 2.75) is 25.6 Å². The summed E-state index contributed by atoms with van der Waals surface area (Å²) in [5.74, 6) is 0.897. The first kappa shape index (κ1) is 13.7. The van der Waals surface area contributed by atoms with Gasteiger partial charge >= 0.3 is 6.18 Å². The van der Waals surface area contributed by atoms with Gasteiger partial charge < -0.3 is 14.9 Å². The largest absolute Gasteiger partial charge is 0.489 e. The SMILES string of the molecule is NCc1oc2ccccc2c1OCCCC(F)(F)F. The molecule has 1 aromatic heterocycles. The summed E-state index contributed by atoms with van der Waals surface area (Å²) in [5.41, 5.74) is 6.15. The van der Waals surface area contributed by atoms with E-state index >= 15 is 0 Å². The van der Waals surface area contributed by atoms with Gasteiger partial charge in [0, 0.05) is 6.42 Å². The lowest BCUT2D eigenvalue weighted by Crippen LogP contribution is -2.10. The van der Waals surface area contributed by atoms with Crippen molar-refractivity contribution in [2.24, 2.45) is 5.73 Å². The van der Waals surface area contributed by atoms with Gasteiger partial charge in [-0.1, -0.05) is 12.1 Å². The van der Waals surface area contributed by atoms with E-state index in [9.17, 15) is 13.2 Å². The topological polar surface area (TPSA) is 48.4 Å². The molecule has 0 aliphatic rings. The Kier molecular flexibility index (Phi) is 3.99. The predicted octanol–water partition coefficient (Wildman–Crippen LogP) is 3.61. The highest BCUT2D eigenvalue weighted by molar-refractivity contribution is 5.85. The number of alkyl halides is 3. The minimum Gasteiger partial charge on any atom is -0.489 e. The van der Waals surface area contributed by atoms with Crippen LogP contribution in [0, 0.1) is 0 Å². The number of benzene rings is 1. The molecule has 0 aliphatic carbocycles. The van der Waals surface area contributed by atoms with Crippen molar-refractivity contribution in [1.82, 2.24) is 0 Å². The molecular weight excluding hydrogens is 259 g/mol. The second kappa shape index (κ2) is 5.52. The Bertz CT molecular complexity index is 548. The van der Waals surface area contributed by atoms with E-state index in [0.29, 0.717) is 17.1 Å². The van der Waals surface area contributed by atoms with E-state index in [4.69, 9.17) is 14.9 Å². The average Bonchev–Trinajstić information content (AvgIpc) is 2.71. The molecule has 2 aromatic rings. The highest BCUT2D eigenvalue weighted by atomic mass is 19.4. The van der Waals surface area contributed by atoms with Crippen molar-refractivity contribution < 1.29 is 22.3 Å². The van der Waals surface area contributed by atoms with E-state index in [2.05, 4.69) is 0 Å². The standard InChI is InChI=1S/C13H14F3NO2/c14-13(15,16)6-3-7-18-12-9-4-1-2-5-10(9)19-11(12)8-17/h1-2,4-5H,3,6-8,17H2. The van der Waals surface area contributed by atoms with Gasteiger partial charge in [-0.25, -0.2) is 0 Å². The summed E-state index contributed by atoms with van der Waals surface area (Å²) in [7, 11) is 0. The second-order valence-corrected chi connectivity index (χ2v) is 4.12. The van der Waals surface area contributed by atoms with Crippen LogP contribution in [-0.4, -0.2) is 12.8 Å². The first-order valence-electron chi connectivity index (χ1n) is 5.91. The van der Waals surface area contributed by atoms with E-state index in [1.807, 2.05) is 0 Å². The second-order valence-electron chi connectivity index (χ2n) is 4.12. The molecule has 104 valence electrons. The molecule has 1 aromatic carbocycles. The molecule has 0 spiro atoms. The minimum absolute atomic E-state index is 0.0178. The number of ether oxygens (including phenoxy) is 1. The van der Waals surface area contributed by atoms with Crippen LogP contribution in [0.1, 0.15) is 18.6 Å². The van der Waals surface area contributed by atoms with E-state index in [-0.39, 0.29) is 19.6 Å². The molecule has 0 unspecified atom stereocenters. The Morgan fingerprint density at radius 2 is 1.95 bits per heavy atom. The number of fused-ring (bicyclic) bond motifs is 1. The molecular formula is C13H14F3NO2. The molecule has 0 amide bonds. The highest BCUT2D eigenvalue weighted by Gasteiger charge is 2.26. The normalized spacial score (nSPS) is 12.0. The quantitative estimate of drug-likeness (QED) is 0.846. The smallest absolute Gasteiger partial charge is 0.389 e. The molecule has 0 bridgehead atoms. The Balaban J connectivity index is 2.07. The molecule has 2 rings (SSSR count). The first-order valence-corrected chi connectivity index (χ1v) is 5.91. The molecule has 0 saturated carbocycles. The maximum Gasteiger partial charge on any atom is 0.389 e. The maximum absolute atomic E-state index is 12.0. The lowest BCUT2D eigenvalue weighted by Gasteiger charge is -2.08. The van der Waals surface area contributed by atoms with Gasteiger partial charge in [-0.05, 0) is 18.6 Å². The van der Waals surface area contributed by atoms with Crippen LogP contribution in [0.2, 0.25) is 0 Å². The fourth-order valence-electron chi connectivity index (χ4n) is 1.81. The molecule has 0 fully saturated rings. The van der Waals surface area contributed by atoms with Crippen LogP contribution in [-0.2, 0) is 6.54 Å². The van der Waals surface area contributed by atoms with Crippen LogP contribution in [0.5, 0.6) is 5.75 Å². The Morgan fingerprint density at radius 1 is 1.21 bits per heavy atom. The molecule has 1 heterocycles. The predicted molar refractivity (Wildman–Crippen MR) is 64.9 cm³/mol. The lowest BCUT2D eigenvalue weighted by atomic mass is 10.2. The third-order valence-corrected chi connectivity index (χ3v) is 2.65. The third-order valence-electron chi connectivity index (χ3n) is 2.65. The number of nitrogens with two attached hydrogens (primary N) is 1. The van der Waals surface area contributed by atoms with E-state index in [1.54, 1.807) is 24.3 Å². The summed E-state index contributed by atoms with van der Waals surface area (Å²) in [5, 5.41) is 0.731. The van der Waals surface area contributed by atoms with Crippen LogP contribution in [0.4, 0.5) is 13.2 Å². The van der Waals surface area contributed by atoms with Gasteiger partial charge in [0.05, 0.1) is 18.5 Å². The summed E-state index contributed by atoms with van der Waals surface area (Å²) in [6.07, 6.45) is -5.10. The van der Waals surface area contributed by atoms with Crippen LogP contribution in [0.3, 0.4) is 0 Å². The van der Waals surface area contributed by atoms with E-state index < -0.39 is 12.6 Å². The van der Waals surface area contributed by atoms with E-state index in [0.717, 1.165) is 5.39 Å². The highest BCUT2D eigenvalue weighted by Crippen LogP contribution is 2.33. The average molecular weight is 273 g/mol. The van der Waals surface area contributed by atoms with Gasteiger partial charge in [0.25, 0.3) is 0 Å². The molecule has 3 nitrogen and oxygen atoms in total. The zero-order chi connectivity index (χ0) is 13.9. The molecule has 19 heavy (non-hydrogen) atoms. The zero-order valence-electron chi connectivity index (χ0n) is 10.2. The summed E-state index contributed by atoms with van der Waals surface area (Å²) in [4.78, 5) is 0. The molecule has 0 aliphatic heterocycles. The summed E-state index contributed by atoms with van der Waals surface area (Å²) >= 11 is 0. The Labute approximate surface area is 108 Å². The van der Waals surface area contributed by atoms with Gasteiger partial charge in [0.1, 0.15) is 5.58 Å². The van der Waals surface area contributed by atoms with Gasteiger partial charge in [0.15, 0.2) is 11.5 Å². The number of para-hydroxylation sites is 1. The molecule has 2 N–H and O–H groups in total. The molecule has 0 radical (unpaired) electrons. The molecule has 6 heteroatoms. The third kappa shape index (κ3) is 3.41. The van der Waals surface area contributed by atoms with Gasteiger partial charge in [0.2, 0.25) is 0 Å². The number of hydrogen-bond acceptors (Lipinski definition) is 3. The maximum atomic E-state index is 12.0. The van der Waals surface area contributed by atoms with Crippen LogP contribution in [0.25, 0.3) is 11.0 Å². The summed E-state index contributed by atoms with van der Waals surface area (Å²) in [6.45, 7) is 0.124. The van der Waals surface area contributed by atoms with Crippen LogP contribution in [0.15, 0.2) is 28.7 Å². The van der Waals surface area contributed by atoms with Gasteiger partial charge in [-0.3, -0.25) is 0 Å². The van der Waals surface area contributed by atoms with Crippen molar-refractivity contribution in [3.05, 3.63) is 30.0 Å². The van der Waals surface area contributed by atoms with E-state index in [1.165, 1.54) is 0 Å². The van der Waals surface area contributed by atoms with Gasteiger partial charge in [-0.2, -0.15) is 13.2 Å². The number of furan rings is 1. The first-order chi connectivity index (χ1) is 9.01. The summed E-state index contributed by atoms with van der Waals surface area (Å²) in [6, 6.07) is 7.16. The van der Waals surface area contributed by atoms with Crippen molar-refractivity contribution >= 4 is 11.0 Å². The Hall–Kier alpha value is -1.69. The number of hydrogen-bond donors (Lipinski definition) is 1. The van der Waals surface area contributed by atoms with Crippen LogP contribution < -0.4 is 10.5 Å². The lowest BCUT2D eigenvalue weighted by molar-refractivity contribution is -0.136.